The van der Waals surface area contributed by atoms with Crippen LogP contribution in [0.25, 0.3) is 10.8 Å². The van der Waals surface area contributed by atoms with Crippen LogP contribution in [-0.4, -0.2) is 102 Å². The highest BCUT2D eigenvalue weighted by Crippen LogP contribution is 2.38. The Bertz CT molecular complexity index is 829. The van der Waals surface area contributed by atoms with E-state index in [9.17, 15) is 20.4 Å². The summed E-state index contributed by atoms with van der Waals surface area (Å²) in [6.45, 7) is 0.885. The third-order valence-corrected chi connectivity index (χ3v) is 5.02. The van der Waals surface area contributed by atoms with Crippen molar-refractivity contribution >= 4 is 10.8 Å². The Hall–Kier alpha value is -2.02. The number of aliphatic hydroxyl groups excluding tert-OH is 5. The van der Waals surface area contributed by atoms with Gasteiger partial charge in [0, 0.05) is 5.39 Å². The van der Waals surface area contributed by atoms with Crippen molar-refractivity contribution < 1.29 is 49.2 Å². The number of fused-ring (bicyclic) bond motifs is 1. The Balaban J connectivity index is 1.70. The van der Waals surface area contributed by atoms with Crippen LogP contribution in [0.3, 0.4) is 0 Å². The van der Waals surface area contributed by atoms with Gasteiger partial charge in [0.15, 0.2) is 11.5 Å². The van der Waals surface area contributed by atoms with Crippen LogP contribution in [-0.2, 0) is 14.2 Å². The lowest BCUT2D eigenvalue weighted by Crippen LogP contribution is -2.60. The zero-order chi connectivity index (χ0) is 22.9. The minimum absolute atomic E-state index is 0.0394. The largest absolute Gasteiger partial charge is 0.487 e. The quantitative estimate of drug-likeness (QED) is 0.264. The average molecular weight is 454 g/mol. The molecule has 32 heavy (non-hydrogen) atoms. The zero-order valence-corrected chi connectivity index (χ0v) is 17.6. The first-order chi connectivity index (χ1) is 15.6. The third kappa shape index (κ3) is 6.06. The molecule has 0 saturated carbocycles. The van der Waals surface area contributed by atoms with Crippen molar-refractivity contribution in [3.05, 3.63) is 36.4 Å². The van der Waals surface area contributed by atoms with E-state index in [1.165, 1.54) is 0 Å². The Morgan fingerprint density at radius 3 is 2.25 bits per heavy atom. The molecule has 10 nitrogen and oxygen atoms in total. The molecule has 2 aromatic carbocycles. The van der Waals surface area contributed by atoms with E-state index in [0.29, 0.717) is 30.1 Å². The molecule has 2 aromatic rings. The van der Waals surface area contributed by atoms with Crippen LogP contribution in [0, 0.1) is 0 Å². The fourth-order valence-electron chi connectivity index (χ4n) is 3.34. The fourth-order valence-corrected chi connectivity index (χ4v) is 3.34. The van der Waals surface area contributed by atoms with Crippen LogP contribution in [0.5, 0.6) is 11.5 Å². The lowest BCUT2D eigenvalue weighted by Gasteiger charge is -2.39. The van der Waals surface area contributed by atoms with E-state index in [2.05, 4.69) is 0 Å². The molecule has 5 N–H and O–H groups in total. The summed E-state index contributed by atoms with van der Waals surface area (Å²) in [6.07, 6.45) is -6.98. The minimum Gasteiger partial charge on any atom is -0.487 e. The summed E-state index contributed by atoms with van der Waals surface area (Å²) >= 11 is 0. The topological polar surface area (TPSA) is 147 Å². The lowest BCUT2D eigenvalue weighted by atomic mass is 9.99. The number of rotatable bonds is 12. The van der Waals surface area contributed by atoms with E-state index in [0.717, 1.165) is 5.39 Å². The summed E-state index contributed by atoms with van der Waals surface area (Å²) in [7, 11) is 0. The third-order valence-electron chi connectivity index (χ3n) is 5.02. The minimum atomic E-state index is -1.55. The predicted molar refractivity (Wildman–Crippen MR) is 113 cm³/mol. The van der Waals surface area contributed by atoms with Gasteiger partial charge in [-0.25, -0.2) is 0 Å². The van der Waals surface area contributed by atoms with Gasteiger partial charge in [0.2, 0.25) is 6.29 Å². The molecule has 1 aliphatic rings. The molecule has 0 aliphatic carbocycles. The first-order valence-corrected chi connectivity index (χ1v) is 10.4. The Labute approximate surface area is 185 Å². The van der Waals surface area contributed by atoms with E-state index in [4.69, 9.17) is 28.8 Å². The molecule has 3 rings (SSSR count). The Kier molecular flexibility index (Phi) is 9.45. The van der Waals surface area contributed by atoms with E-state index in [-0.39, 0.29) is 26.4 Å². The number of benzene rings is 2. The van der Waals surface area contributed by atoms with E-state index in [1.54, 1.807) is 6.07 Å². The molecule has 10 heteroatoms. The van der Waals surface area contributed by atoms with Crippen LogP contribution >= 0.6 is 0 Å². The van der Waals surface area contributed by atoms with E-state index in [1.807, 2.05) is 30.3 Å². The van der Waals surface area contributed by atoms with Crippen LogP contribution in [0.15, 0.2) is 36.4 Å². The summed E-state index contributed by atoms with van der Waals surface area (Å²) in [5, 5.41) is 50.0. The lowest BCUT2D eigenvalue weighted by molar-refractivity contribution is -0.277. The van der Waals surface area contributed by atoms with Crippen LogP contribution in [0.4, 0.5) is 0 Å². The van der Waals surface area contributed by atoms with Gasteiger partial charge >= 0.3 is 0 Å². The molecule has 0 radical (unpaired) electrons. The fraction of sp³-hybridized carbons (Fsp3) is 0.545. The number of ether oxygens (including phenoxy) is 5. The maximum Gasteiger partial charge on any atom is 0.229 e. The molecule has 1 heterocycles. The zero-order valence-electron chi connectivity index (χ0n) is 17.6. The second-order valence-corrected chi connectivity index (χ2v) is 7.23. The second kappa shape index (κ2) is 12.3. The van der Waals surface area contributed by atoms with E-state index >= 15 is 0 Å². The maximum absolute atomic E-state index is 10.4. The second-order valence-electron chi connectivity index (χ2n) is 7.23. The highest BCUT2D eigenvalue weighted by Gasteiger charge is 2.45. The first-order valence-electron chi connectivity index (χ1n) is 10.4. The van der Waals surface area contributed by atoms with Gasteiger partial charge in [0.25, 0.3) is 0 Å². The van der Waals surface area contributed by atoms with Gasteiger partial charge < -0.3 is 49.2 Å². The standard InChI is InChI=1S/C22H30O10/c23-7-8-28-9-10-29-11-12-30-16-6-5-14-3-1-2-4-15(14)21(16)32-22-20(27)19(26)18(25)17(13-24)31-22/h1-6,17-20,22-27H,7-13H2/t17-,18+,19+,20-,22+/m1/s1. The van der Waals surface area contributed by atoms with Gasteiger partial charge in [-0.05, 0) is 11.5 Å². The molecule has 0 bridgehead atoms. The van der Waals surface area contributed by atoms with Gasteiger partial charge in [-0.3, -0.25) is 0 Å². The van der Waals surface area contributed by atoms with Crippen molar-refractivity contribution in [2.45, 2.75) is 30.7 Å². The summed E-state index contributed by atoms with van der Waals surface area (Å²) in [6, 6.07) is 11.0. The Morgan fingerprint density at radius 1 is 0.781 bits per heavy atom. The van der Waals surface area contributed by atoms with Gasteiger partial charge in [0.1, 0.15) is 31.0 Å². The summed E-state index contributed by atoms with van der Waals surface area (Å²) < 4.78 is 27.8. The molecule has 1 saturated heterocycles. The highest BCUT2D eigenvalue weighted by atomic mass is 16.7. The summed E-state index contributed by atoms with van der Waals surface area (Å²) in [4.78, 5) is 0. The van der Waals surface area contributed by atoms with Crippen molar-refractivity contribution in [3.8, 4) is 11.5 Å². The molecule has 0 aromatic heterocycles. The van der Waals surface area contributed by atoms with Crippen LogP contribution in [0.2, 0.25) is 0 Å². The van der Waals surface area contributed by atoms with Crippen LogP contribution < -0.4 is 9.47 Å². The van der Waals surface area contributed by atoms with Crippen molar-refractivity contribution in [2.75, 3.05) is 46.2 Å². The van der Waals surface area contributed by atoms with Crippen molar-refractivity contribution in [3.63, 3.8) is 0 Å². The summed E-state index contributed by atoms with van der Waals surface area (Å²) in [5.41, 5.74) is 0. The van der Waals surface area contributed by atoms with Crippen molar-refractivity contribution in [1.29, 1.82) is 0 Å². The monoisotopic (exact) mass is 454 g/mol. The molecular formula is C22H30O10. The van der Waals surface area contributed by atoms with Gasteiger partial charge in [0.05, 0.1) is 39.6 Å². The molecular weight excluding hydrogens is 424 g/mol. The molecule has 0 amide bonds. The van der Waals surface area contributed by atoms with Crippen molar-refractivity contribution in [2.24, 2.45) is 0 Å². The normalized spacial score (nSPS) is 25.7. The highest BCUT2D eigenvalue weighted by molar-refractivity contribution is 5.90. The van der Waals surface area contributed by atoms with Gasteiger partial charge in [-0.15, -0.1) is 0 Å². The SMILES string of the molecule is OCCOCCOCCOc1ccc2ccccc2c1O[C@@H]1O[C@H](CO)[C@H](O)[C@H](O)[C@H]1O. The number of hydrogen-bond donors (Lipinski definition) is 5. The van der Waals surface area contributed by atoms with Crippen molar-refractivity contribution in [1.82, 2.24) is 0 Å². The number of hydrogen-bond acceptors (Lipinski definition) is 10. The molecule has 178 valence electrons. The van der Waals surface area contributed by atoms with E-state index < -0.39 is 37.3 Å². The molecule has 0 unspecified atom stereocenters. The predicted octanol–water partition coefficient (Wildman–Crippen LogP) is -0.577. The van der Waals surface area contributed by atoms with Gasteiger partial charge in [-0.2, -0.15) is 0 Å². The molecule has 5 atom stereocenters. The Morgan fingerprint density at radius 2 is 1.50 bits per heavy atom. The van der Waals surface area contributed by atoms with Crippen LogP contribution in [0.1, 0.15) is 0 Å². The smallest absolute Gasteiger partial charge is 0.229 e. The average Bonchev–Trinajstić information content (AvgIpc) is 2.82. The summed E-state index contributed by atoms with van der Waals surface area (Å²) in [5.74, 6) is 0.666. The molecule has 1 aliphatic heterocycles. The maximum atomic E-state index is 10.4. The van der Waals surface area contributed by atoms with Gasteiger partial charge in [-0.1, -0.05) is 30.3 Å². The first kappa shape index (κ1) is 24.6. The molecule has 0 spiro atoms. The number of aliphatic hydroxyl groups is 5. The molecule has 1 fully saturated rings.